The zero-order chi connectivity index (χ0) is 27.2. The molecule has 2 aromatic heterocycles. The Hall–Kier alpha value is -3.63. The molecule has 0 radical (unpaired) electrons. The van der Waals surface area contributed by atoms with E-state index < -0.39 is 11.9 Å². The fraction of sp³-hybridized carbons (Fsp3) is 0.276. The molecule has 202 valence electrons. The summed E-state index contributed by atoms with van der Waals surface area (Å²) >= 11 is 1.03. The van der Waals surface area contributed by atoms with Gasteiger partial charge in [-0.15, -0.1) is 0 Å². The fourth-order valence-corrected chi connectivity index (χ4v) is 5.47. The van der Waals surface area contributed by atoms with Gasteiger partial charge in [0.05, 0.1) is 12.3 Å². The van der Waals surface area contributed by atoms with Crippen molar-refractivity contribution in [3.8, 4) is 11.5 Å². The third kappa shape index (κ3) is 6.69. The average molecular weight is 553 g/mol. The number of amides is 1. The van der Waals surface area contributed by atoms with E-state index in [-0.39, 0.29) is 40.7 Å². The lowest BCUT2D eigenvalue weighted by atomic mass is 9.96. The minimum atomic E-state index is -4.62. The molecule has 0 N–H and O–H groups in total. The second-order valence-corrected chi connectivity index (χ2v) is 10.2. The Bertz CT molecular complexity index is 1320. The molecule has 1 fully saturated rings. The van der Waals surface area contributed by atoms with Crippen molar-refractivity contribution in [3.05, 3.63) is 102 Å². The van der Waals surface area contributed by atoms with E-state index in [4.69, 9.17) is 4.42 Å². The Balaban J connectivity index is 1.19. The second kappa shape index (κ2) is 12.0. The van der Waals surface area contributed by atoms with Gasteiger partial charge in [-0.05, 0) is 29.3 Å². The Labute approximate surface area is 228 Å². The van der Waals surface area contributed by atoms with Crippen LogP contribution in [0.25, 0.3) is 11.5 Å². The predicted octanol–water partition coefficient (Wildman–Crippen LogP) is 6.17. The summed E-state index contributed by atoms with van der Waals surface area (Å²) in [7, 11) is 0. The van der Waals surface area contributed by atoms with E-state index in [0.717, 1.165) is 30.9 Å². The minimum Gasteiger partial charge on any atom is -0.463 e. The molecule has 0 unspecified atom stereocenters. The van der Waals surface area contributed by atoms with Crippen LogP contribution in [0.1, 0.15) is 29.3 Å². The SMILES string of the molecule is O=C(CCSc1nc(-c2ccco2)cc(C(F)(F)F)n1)N1CCN(C(c2ccccc2)c2ccccc2)CC1. The van der Waals surface area contributed by atoms with Crippen LogP contribution in [0.15, 0.2) is 94.7 Å². The second-order valence-electron chi connectivity index (χ2n) is 9.14. The molecule has 0 aliphatic carbocycles. The van der Waals surface area contributed by atoms with Gasteiger partial charge in [-0.1, -0.05) is 72.4 Å². The summed E-state index contributed by atoms with van der Waals surface area (Å²) in [5.74, 6) is 0.466. The Morgan fingerprint density at radius 3 is 2.10 bits per heavy atom. The maximum Gasteiger partial charge on any atom is 0.433 e. The van der Waals surface area contributed by atoms with Crippen LogP contribution < -0.4 is 0 Å². The lowest BCUT2D eigenvalue weighted by Crippen LogP contribution is -2.49. The highest BCUT2D eigenvalue weighted by Gasteiger charge is 2.34. The van der Waals surface area contributed by atoms with Crippen molar-refractivity contribution in [1.82, 2.24) is 19.8 Å². The number of piperazine rings is 1. The molecule has 2 aromatic carbocycles. The van der Waals surface area contributed by atoms with Crippen molar-refractivity contribution in [3.63, 3.8) is 0 Å². The molecule has 0 saturated carbocycles. The number of aromatic nitrogens is 2. The lowest BCUT2D eigenvalue weighted by molar-refractivity contribution is -0.141. The molecule has 39 heavy (non-hydrogen) atoms. The van der Waals surface area contributed by atoms with Gasteiger partial charge in [0.25, 0.3) is 0 Å². The highest BCUT2D eigenvalue weighted by Crippen LogP contribution is 2.33. The molecule has 1 saturated heterocycles. The number of benzene rings is 2. The first-order valence-electron chi connectivity index (χ1n) is 12.6. The molecule has 1 aliphatic rings. The first-order chi connectivity index (χ1) is 18.9. The number of carbonyl (C=O) groups excluding carboxylic acids is 1. The van der Waals surface area contributed by atoms with Gasteiger partial charge >= 0.3 is 6.18 Å². The third-order valence-corrected chi connectivity index (χ3v) is 7.43. The van der Waals surface area contributed by atoms with Crippen LogP contribution >= 0.6 is 11.8 Å². The van der Waals surface area contributed by atoms with E-state index in [1.807, 2.05) is 41.3 Å². The Morgan fingerprint density at radius 1 is 0.897 bits per heavy atom. The topological polar surface area (TPSA) is 62.5 Å². The van der Waals surface area contributed by atoms with Crippen LogP contribution in [-0.4, -0.2) is 57.6 Å². The molecule has 0 atom stereocenters. The van der Waals surface area contributed by atoms with Crippen LogP contribution in [0, 0.1) is 0 Å². The standard InChI is InChI=1S/C29H27F3N4O2S/c30-29(31,32)25-20-23(24-12-7-18-38-24)33-28(34-25)39-19-13-26(37)35-14-16-36(17-15-35)27(21-8-3-1-4-9-21)22-10-5-2-6-11-22/h1-12,18,20,27H,13-17,19H2. The van der Waals surface area contributed by atoms with Crippen molar-refractivity contribution in [2.24, 2.45) is 0 Å². The number of halogens is 3. The summed E-state index contributed by atoms with van der Waals surface area (Å²) in [5, 5.41) is -0.0394. The molecular weight excluding hydrogens is 525 g/mol. The van der Waals surface area contributed by atoms with E-state index in [0.29, 0.717) is 13.1 Å². The van der Waals surface area contributed by atoms with Crippen molar-refractivity contribution in [2.75, 3.05) is 31.9 Å². The minimum absolute atomic E-state index is 0.0312. The third-order valence-electron chi connectivity index (χ3n) is 6.58. The molecule has 3 heterocycles. The number of hydrogen-bond acceptors (Lipinski definition) is 6. The number of carbonyl (C=O) groups is 1. The maximum absolute atomic E-state index is 13.4. The van der Waals surface area contributed by atoms with Crippen LogP contribution in [0.5, 0.6) is 0 Å². The highest BCUT2D eigenvalue weighted by molar-refractivity contribution is 7.99. The van der Waals surface area contributed by atoms with E-state index in [1.165, 1.54) is 17.4 Å². The Morgan fingerprint density at radius 2 is 1.54 bits per heavy atom. The van der Waals surface area contributed by atoms with Crippen molar-refractivity contribution >= 4 is 17.7 Å². The number of thioether (sulfide) groups is 1. The van der Waals surface area contributed by atoms with Gasteiger partial charge < -0.3 is 9.32 Å². The molecule has 4 aromatic rings. The summed E-state index contributed by atoms with van der Waals surface area (Å²) in [6, 6.07) is 24.7. The smallest absolute Gasteiger partial charge is 0.433 e. The van der Waals surface area contributed by atoms with Gasteiger partial charge in [-0.25, -0.2) is 9.97 Å². The fourth-order valence-electron chi connectivity index (χ4n) is 4.69. The van der Waals surface area contributed by atoms with Crippen molar-refractivity contribution < 1.29 is 22.4 Å². The van der Waals surface area contributed by atoms with Crippen LogP contribution in [0.3, 0.4) is 0 Å². The number of rotatable bonds is 8. The van der Waals surface area contributed by atoms with E-state index in [1.54, 1.807) is 12.1 Å². The summed E-state index contributed by atoms with van der Waals surface area (Å²) < 4.78 is 45.4. The van der Waals surface area contributed by atoms with Crippen molar-refractivity contribution in [2.45, 2.75) is 23.8 Å². The normalized spacial score (nSPS) is 14.6. The molecule has 10 heteroatoms. The maximum atomic E-state index is 13.4. The number of alkyl halides is 3. The quantitative estimate of drug-likeness (QED) is 0.192. The number of nitrogens with zero attached hydrogens (tertiary/aromatic N) is 4. The predicted molar refractivity (Wildman–Crippen MR) is 143 cm³/mol. The summed E-state index contributed by atoms with van der Waals surface area (Å²) in [4.78, 5) is 25.0. The zero-order valence-electron chi connectivity index (χ0n) is 21.1. The van der Waals surface area contributed by atoms with Gasteiger partial charge in [0.1, 0.15) is 11.4 Å². The highest BCUT2D eigenvalue weighted by atomic mass is 32.2. The van der Waals surface area contributed by atoms with Gasteiger partial charge in [0.2, 0.25) is 5.91 Å². The number of hydrogen-bond donors (Lipinski definition) is 0. The van der Waals surface area contributed by atoms with Crippen LogP contribution in [0.2, 0.25) is 0 Å². The van der Waals surface area contributed by atoms with Gasteiger partial charge in [0, 0.05) is 38.4 Å². The van der Waals surface area contributed by atoms with Gasteiger partial charge in [-0.3, -0.25) is 9.69 Å². The molecule has 0 spiro atoms. The molecule has 1 aliphatic heterocycles. The lowest BCUT2D eigenvalue weighted by Gasteiger charge is -2.39. The molecule has 5 rings (SSSR count). The van der Waals surface area contributed by atoms with E-state index in [2.05, 4.69) is 39.1 Å². The molecular formula is C29H27F3N4O2S. The van der Waals surface area contributed by atoms with E-state index >= 15 is 0 Å². The van der Waals surface area contributed by atoms with Gasteiger partial charge in [0.15, 0.2) is 10.9 Å². The monoisotopic (exact) mass is 552 g/mol. The summed E-state index contributed by atoms with van der Waals surface area (Å²) in [6.45, 7) is 2.61. The number of furan rings is 1. The van der Waals surface area contributed by atoms with Gasteiger partial charge in [-0.2, -0.15) is 13.2 Å². The molecule has 6 nitrogen and oxygen atoms in total. The molecule has 0 bridgehead atoms. The van der Waals surface area contributed by atoms with Crippen LogP contribution in [0.4, 0.5) is 13.2 Å². The average Bonchev–Trinajstić information content (AvgIpc) is 3.50. The largest absolute Gasteiger partial charge is 0.463 e. The van der Waals surface area contributed by atoms with Crippen LogP contribution in [-0.2, 0) is 11.0 Å². The zero-order valence-corrected chi connectivity index (χ0v) is 21.9. The summed E-state index contributed by atoms with van der Waals surface area (Å²) in [5.41, 5.74) is 1.42. The van der Waals surface area contributed by atoms with Crippen molar-refractivity contribution in [1.29, 1.82) is 0 Å². The first kappa shape index (κ1) is 27.0. The Kier molecular flexibility index (Phi) is 8.33. The summed E-state index contributed by atoms with van der Waals surface area (Å²) in [6.07, 6.45) is -3.06. The van der Waals surface area contributed by atoms with E-state index in [9.17, 15) is 18.0 Å². The molecule has 1 amide bonds. The first-order valence-corrected chi connectivity index (χ1v) is 13.6.